The zero-order chi connectivity index (χ0) is 11.5. The lowest BCUT2D eigenvalue weighted by Gasteiger charge is -2.44. The van der Waals surface area contributed by atoms with Crippen LogP contribution in [0.15, 0.2) is 0 Å². The van der Waals surface area contributed by atoms with Crippen molar-refractivity contribution in [1.82, 2.24) is 4.90 Å². The molecular formula is C13H23NO2. The summed E-state index contributed by atoms with van der Waals surface area (Å²) in [6.07, 6.45) is 7.98. The first kappa shape index (κ1) is 11.9. The summed E-state index contributed by atoms with van der Waals surface area (Å²) in [5.41, 5.74) is 0. The van der Waals surface area contributed by atoms with E-state index in [9.17, 15) is 4.79 Å². The topological polar surface area (TPSA) is 40.5 Å². The SMILES string of the molecule is CC(CN1CCCC2CCCCC21)C(=O)O. The van der Waals surface area contributed by atoms with E-state index in [4.69, 9.17) is 5.11 Å². The summed E-state index contributed by atoms with van der Waals surface area (Å²) in [4.78, 5) is 13.4. The number of hydrogen-bond acceptors (Lipinski definition) is 2. The second-order valence-corrected chi connectivity index (χ2v) is 5.49. The molecule has 1 saturated heterocycles. The maximum atomic E-state index is 10.9. The minimum absolute atomic E-state index is 0.222. The van der Waals surface area contributed by atoms with E-state index < -0.39 is 5.97 Å². The third-order valence-corrected chi connectivity index (χ3v) is 4.29. The fraction of sp³-hybridized carbons (Fsp3) is 0.923. The predicted molar refractivity (Wildman–Crippen MR) is 63.4 cm³/mol. The first-order chi connectivity index (χ1) is 7.68. The Morgan fingerprint density at radius 3 is 2.75 bits per heavy atom. The van der Waals surface area contributed by atoms with Gasteiger partial charge in [0.15, 0.2) is 0 Å². The minimum atomic E-state index is -0.655. The van der Waals surface area contributed by atoms with Gasteiger partial charge in [0, 0.05) is 12.6 Å². The average Bonchev–Trinajstić information content (AvgIpc) is 2.29. The Kier molecular flexibility index (Phi) is 3.85. The normalized spacial score (nSPS) is 33.1. The van der Waals surface area contributed by atoms with Crippen LogP contribution in [0.4, 0.5) is 0 Å². The van der Waals surface area contributed by atoms with E-state index in [0.717, 1.165) is 19.0 Å². The molecule has 0 bridgehead atoms. The highest BCUT2D eigenvalue weighted by Crippen LogP contribution is 2.35. The molecule has 16 heavy (non-hydrogen) atoms. The summed E-state index contributed by atoms with van der Waals surface area (Å²) in [6.45, 7) is 3.68. The number of carbonyl (C=O) groups is 1. The summed E-state index contributed by atoms with van der Waals surface area (Å²) in [7, 11) is 0. The number of aliphatic carboxylic acids is 1. The summed E-state index contributed by atoms with van der Waals surface area (Å²) >= 11 is 0. The number of hydrogen-bond donors (Lipinski definition) is 1. The number of carboxylic acid groups (broad SMARTS) is 1. The number of carboxylic acids is 1. The Morgan fingerprint density at radius 1 is 1.31 bits per heavy atom. The zero-order valence-electron chi connectivity index (χ0n) is 10.2. The monoisotopic (exact) mass is 225 g/mol. The lowest BCUT2D eigenvalue weighted by Crippen LogP contribution is -2.48. The summed E-state index contributed by atoms with van der Waals surface area (Å²) in [6, 6.07) is 0.685. The van der Waals surface area contributed by atoms with E-state index in [1.807, 2.05) is 6.92 Å². The number of rotatable bonds is 3. The van der Waals surface area contributed by atoms with Gasteiger partial charge in [0.1, 0.15) is 0 Å². The summed E-state index contributed by atoms with van der Waals surface area (Å²) in [5.74, 6) is -0.0258. The molecule has 3 heteroatoms. The molecule has 3 nitrogen and oxygen atoms in total. The van der Waals surface area contributed by atoms with Crippen LogP contribution in [-0.2, 0) is 4.79 Å². The number of fused-ring (bicyclic) bond motifs is 1. The maximum Gasteiger partial charge on any atom is 0.307 e. The van der Waals surface area contributed by atoms with Gasteiger partial charge in [-0.05, 0) is 38.1 Å². The minimum Gasteiger partial charge on any atom is -0.481 e. The van der Waals surface area contributed by atoms with Gasteiger partial charge < -0.3 is 5.11 Å². The molecule has 1 saturated carbocycles. The van der Waals surface area contributed by atoms with E-state index in [1.54, 1.807) is 0 Å². The van der Waals surface area contributed by atoms with Crippen molar-refractivity contribution >= 4 is 5.97 Å². The highest BCUT2D eigenvalue weighted by Gasteiger charge is 2.34. The van der Waals surface area contributed by atoms with Gasteiger partial charge in [-0.3, -0.25) is 9.69 Å². The summed E-state index contributed by atoms with van der Waals surface area (Å²) in [5, 5.41) is 8.98. The van der Waals surface area contributed by atoms with Crippen molar-refractivity contribution in [3.8, 4) is 0 Å². The van der Waals surface area contributed by atoms with Crippen molar-refractivity contribution in [2.45, 2.75) is 51.5 Å². The molecule has 3 atom stereocenters. The van der Waals surface area contributed by atoms with Crippen LogP contribution in [-0.4, -0.2) is 35.1 Å². The Bertz CT molecular complexity index is 252. The fourth-order valence-corrected chi connectivity index (χ4v) is 3.38. The molecule has 1 N–H and O–H groups in total. The first-order valence-corrected chi connectivity index (χ1v) is 6.65. The molecule has 0 aromatic rings. The van der Waals surface area contributed by atoms with Crippen LogP contribution in [0.1, 0.15) is 45.4 Å². The predicted octanol–water partition coefficient (Wildman–Crippen LogP) is 2.36. The molecule has 2 fully saturated rings. The third kappa shape index (κ3) is 2.57. The van der Waals surface area contributed by atoms with Crippen molar-refractivity contribution in [3.05, 3.63) is 0 Å². The van der Waals surface area contributed by atoms with Gasteiger partial charge in [0.05, 0.1) is 5.92 Å². The van der Waals surface area contributed by atoms with Crippen molar-refractivity contribution in [3.63, 3.8) is 0 Å². The molecule has 92 valence electrons. The second-order valence-electron chi connectivity index (χ2n) is 5.49. The van der Waals surface area contributed by atoms with Gasteiger partial charge in [-0.15, -0.1) is 0 Å². The van der Waals surface area contributed by atoms with Gasteiger partial charge in [-0.25, -0.2) is 0 Å². The lowest BCUT2D eigenvalue weighted by atomic mass is 9.78. The molecule has 0 aromatic carbocycles. The fourth-order valence-electron chi connectivity index (χ4n) is 3.38. The van der Waals surface area contributed by atoms with Gasteiger partial charge in [-0.2, -0.15) is 0 Å². The number of piperidine rings is 1. The van der Waals surface area contributed by atoms with Gasteiger partial charge in [0.2, 0.25) is 0 Å². The van der Waals surface area contributed by atoms with Crippen LogP contribution < -0.4 is 0 Å². The van der Waals surface area contributed by atoms with Crippen molar-refractivity contribution in [2.75, 3.05) is 13.1 Å². The van der Waals surface area contributed by atoms with E-state index in [1.165, 1.54) is 38.5 Å². The van der Waals surface area contributed by atoms with Crippen LogP contribution in [0.25, 0.3) is 0 Å². The first-order valence-electron chi connectivity index (χ1n) is 6.65. The summed E-state index contributed by atoms with van der Waals surface area (Å²) < 4.78 is 0. The lowest BCUT2D eigenvalue weighted by molar-refractivity contribution is -0.142. The van der Waals surface area contributed by atoms with Crippen molar-refractivity contribution in [2.24, 2.45) is 11.8 Å². The van der Waals surface area contributed by atoms with Crippen LogP contribution in [0.5, 0.6) is 0 Å². The Labute approximate surface area is 97.8 Å². The smallest absolute Gasteiger partial charge is 0.307 e. The van der Waals surface area contributed by atoms with E-state index in [2.05, 4.69) is 4.90 Å². The van der Waals surface area contributed by atoms with Gasteiger partial charge in [0.25, 0.3) is 0 Å². The molecule has 2 rings (SSSR count). The molecule has 3 unspecified atom stereocenters. The standard InChI is InChI=1S/C13H23NO2/c1-10(13(15)16)9-14-8-4-6-11-5-2-3-7-12(11)14/h10-12H,2-9H2,1H3,(H,15,16). The van der Waals surface area contributed by atoms with Gasteiger partial charge >= 0.3 is 5.97 Å². The molecule has 0 radical (unpaired) electrons. The Hall–Kier alpha value is -0.570. The average molecular weight is 225 g/mol. The van der Waals surface area contributed by atoms with Crippen LogP contribution in [0, 0.1) is 11.8 Å². The largest absolute Gasteiger partial charge is 0.481 e. The zero-order valence-corrected chi connectivity index (χ0v) is 10.2. The van der Waals surface area contributed by atoms with E-state index in [-0.39, 0.29) is 5.92 Å². The number of likely N-dealkylation sites (tertiary alicyclic amines) is 1. The van der Waals surface area contributed by atoms with Crippen molar-refractivity contribution in [1.29, 1.82) is 0 Å². The second kappa shape index (κ2) is 5.17. The van der Waals surface area contributed by atoms with Crippen LogP contribution in [0.2, 0.25) is 0 Å². The molecule has 0 amide bonds. The third-order valence-electron chi connectivity index (χ3n) is 4.29. The van der Waals surface area contributed by atoms with Crippen molar-refractivity contribution < 1.29 is 9.90 Å². The van der Waals surface area contributed by atoms with E-state index >= 15 is 0 Å². The molecule has 0 spiro atoms. The molecule has 0 aromatic heterocycles. The number of nitrogens with zero attached hydrogens (tertiary/aromatic N) is 1. The molecule has 2 aliphatic rings. The van der Waals surface area contributed by atoms with Gasteiger partial charge in [-0.1, -0.05) is 19.8 Å². The molecule has 1 aliphatic heterocycles. The van der Waals surface area contributed by atoms with Crippen LogP contribution >= 0.6 is 0 Å². The molecule has 1 heterocycles. The Morgan fingerprint density at radius 2 is 2.00 bits per heavy atom. The quantitative estimate of drug-likeness (QED) is 0.801. The van der Waals surface area contributed by atoms with E-state index in [0.29, 0.717) is 6.04 Å². The molecule has 1 aliphatic carbocycles. The van der Waals surface area contributed by atoms with Crippen LogP contribution in [0.3, 0.4) is 0 Å². The highest BCUT2D eigenvalue weighted by molar-refractivity contribution is 5.69. The highest BCUT2D eigenvalue weighted by atomic mass is 16.4. The Balaban J connectivity index is 1.94. The molecular weight excluding hydrogens is 202 g/mol. The maximum absolute atomic E-state index is 10.9.